The van der Waals surface area contributed by atoms with Gasteiger partial charge in [0.2, 0.25) is 0 Å². The first-order chi connectivity index (χ1) is 5.79. The molecule has 0 fully saturated rings. The van der Waals surface area contributed by atoms with Crippen LogP contribution in [0.3, 0.4) is 0 Å². The summed E-state index contributed by atoms with van der Waals surface area (Å²) in [7, 11) is 0. The first-order valence-electron chi connectivity index (χ1n) is 3.71. The van der Waals surface area contributed by atoms with Crippen LogP contribution in [0.2, 0.25) is 0 Å². The van der Waals surface area contributed by atoms with Crippen molar-refractivity contribution in [1.29, 1.82) is 0 Å². The number of carboxylic acids is 1. The van der Waals surface area contributed by atoms with Crippen LogP contribution in [0.15, 0.2) is 24.3 Å². The van der Waals surface area contributed by atoms with Crippen LogP contribution in [-0.4, -0.2) is 11.1 Å². The number of hydrogen-bond donors (Lipinski definition) is 1. The fourth-order valence-corrected chi connectivity index (χ4v) is 1.39. The van der Waals surface area contributed by atoms with Crippen molar-refractivity contribution in [3.63, 3.8) is 0 Å². The van der Waals surface area contributed by atoms with Gasteiger partial charge in [-0.1, -0.05) is 24.3 Å². The summed E-state index contributed by atoms with van der Waals surface area (Å²) >= 11 is 0. The van der Waals surface area contributed by atoms with Crippen LogP contribution in [-0.2, 0) is 16.1 Å². The number of benzene rings is 1. The van der Waals surface area contributed by atoms with E-state index in [1.165, 1.54) is 0 Å². The quantitative estimate of drug-likeness (QED) is 0.681. The van der Waals surface area contributed by atoms with E-state index >= 15 is 0 Å². The SMILES string of the molecule is O=C(O)C1OCc2ccccc21. The molecule has 62 valence electrons. The largest absolute Gasteiger partial charge is 0.479 e. The highest BCUT2D eigenvalue weighted by Crippen LogP contribution is 2.29. The molecule has 0 spiro atoms. The molecule has 1 aliphatic rings. The van der Waals surface area contributed by atoms with Crippen LogP contribution in [0.25, 0.3) is 0 Å². The highest BCUT2D eigenvalue weighted by atomic mass is 16.5. The average molecular weight is 164 g/mol. The Labute approximate surface area is 69.6 Å². The fraction of sp³-hybridized carbons (Fsp3) is 0.222. The Bertz CT molecular complexity index is 319. The van der Waals surface area contributed by atoms with Gasteiger partial charge in [0.25, 0.3) is 0 Å². The Morgan fingerprint density at radius 1 is 1.50 bits per heavy atom. The van der Waals surface area contributed by atoms with Gasteiger partial charge in [-0.2, -0.15) is 0 Å². The van der Waals surface area contributed by atoms with Gasteiger partial charge in [-0.3, -0.25) is 0 Å². The van der Waals surface area contributed by atoms with E-state index in [0.717, 1.165) is 11.1 Å². The number of hydrogen-bond acceptors (Lipinski definition) is 2. The molecule has 1 heterocycles. The maximum absolute atomic E-state index is 10.6. The standard InChI is InChI=1S/C9H8O3/c10-9(11)8-7-4-2-1-3-6(7)5-12-8/h1-4,8H,5H2,(H,10,11). The molecule has 3 heteroatoms. The summed E-state index contributed by atoms with van der Waals surface area (Å²) in [6.45, 7) is 0.410. The molecule has 1 atom stereocenters. The molecule has 1 aromatic rings. The van der Waals surface area contributed by atoms with Crippen molar-refractivity contribution in [2.24, 2.45) is 0 Å². The van der Waals surface area contributed by atoms with Gasteiger partial charge < -0.3 is 9.84 Å². The summed E-state index contributed by atoms with van der Waals surface area (Å²) in [4.78, 5) is 10.6. The van der Waals surface area contributed by atoms with Crippen molar-refractivity contribution >= 4 is 5.97 Å². The van der Waals surface area contributed by atoms with Gasteiger partial charge in [-0.05, 0) is 11.1 Å². The zero-order chi connectivity index (χ0) is 8.55. The Morgan fingerprint density at radius 2 is 2.25 bits per heavy atom. The van der Waals surface area contributed by atoms with E-state index in [2.05, 4.69) is 0 Å². The number of aliphatic carboxylic acids is 1. The normalized spacial score (nSPS) is 20.5. The number of fused-ring (bicyclic) bond motifs is 1. The molecule has 0 saturated heterocycles. The molecule has 2 rings (SSSR count). The second kappa shape index (κ2) is 2.60. The molecule has 1 N–H and O–H groups in total. The summed E-state index contributed by atoms with van der Waals surface area (Å²) in [5.41, 5.74) is 1.76. The third-order valence-corrected chi connectivity index (χ3v) is 1.97. The van der Waals surface area contributed by atoms with Gasteiger partial charge in [0.05, 0.1) is 6.61 Å². The van der Waals surface area contributed by atoms with E-state index in [9.17, 15) is 4.79 Å². The Balaban J connectivity index is 2.42. The zero-order valence-corrected chi connectivity index (χ0v) is 6.36. The van der Waals surface area contributed by atoms with Gasteiger partial charge >= 0.3 is 5.97 Å². The number of rotatable bonds is 1. The minimum atomic E-state index is -0.917. The average Bonchev–Trinajstić information content (AvgIpc) is 2.47. The van der Waals surface area contributed by atoms with Crippen molar-refractivity contribution in [3.05, 3.63) is 35.4 Å². The van der Waals surface area contributed by atoms with E-state index in [0.29, 0.717) is 6.61 Å². The smallest absolute Gasteiger partial charge is 0.337 e. The lowest BCUT2D eigenvalue weighted by Gasteiger charge is -2.03. The zero-order valence-electron chi connectivity index (χ0n) is 6.36. The van der Waals surface area contributed by atoms with Gasteiger partial charge in [-0.15, -0.1) is 0 Å². The summed E-state index contributed by atoms with van der Waals surface area (Å²) in [5.74, 6) is -0.917. The lowest BCUT2D eigenvalue weighted by atomic mass is 10.1. The van der Waals surface area contributed by atoms with Crippen LogP contribution in [0.1, 0.15) is 17.2 Å². The molecule has 1 aromatic carbocycles. The van der Waals surface area contributed by atoms with Gasteiger partial charge in [0.1, 0.15) is 0 Å². The van der Waals surface area contributed by atoms with Crippen LogP contribution < -0.4 is 0 Å². The first-order valence-corrected chi connectivity index (χ1v) is 3.71. The molecule has 0 amide bonds. The first kappa shape index (κ1) is 7.31. The van der Waals surface area contributed by atoms with Gasteiger partial charge in [0, 0.05) is 0 Å². The van der Waals surface area contributed by atoms with E-state index in [1.807, 2.05) is 18.2 Å². The molecule has 0 bridgehead atoms. The van der Waals surface area contributed by atoms with Crippen molar-refractivity contribution in [3.8, 4) is 0 Å². The molecular formula is C9H8O3. The van der Waals surface area contributed by atoms with Gasteiger partial charge in [0.15, 0.2) is 6.10 Å². The van der Waals surface area contributed by atoms with Crippen LogP contribution >= 0.6 is 0 Å². The summed E-state index contributed by atoms with van der Waals surface area (Å²) in [6.07, 6.45) is -0.763. The number of carboxylic acid groups (broad SMARTS) is 1. The molecule has 3 nitrogen and oxygen atoms in total. The Morgan fingerprint density at radius 3 is 3.00 bits per heavy atom. The van der Waals surface area contributed by atoms with Crippen molar-refractivity contribution in [2.45, 2.75) is 12.7 Å². The van der Waals surface area contributed by atoms with E-state index < -0.39 is 12.1 Å². The molecule has 0 radical (unpaired) electrons. The van der Waals surface area contributed by atoms with Crippen molar-refractivity contribution < 1.29 is 14.6 Å². The second-order valence-corrected chi connectivity index (χ2v) is 2.73. The monoisotopic (exact) mass is 164 g/mol. The second-order valence-electron chi connectivity index (χ2n) is 2.73. The summed E-state index contributed by atoms with van der Waals surface area (Å²) < 4.78 is 5.09. The third-order valence-electron chi connectivity index (χ3n) is 1.97. The maximum atomic E-state index is 10.6. The molecule has 12 heavy (non-hydrogen) atoms. The van der Waals surface area contributed by atoms with E-state index in [4.69, 9.17) is 9.84 Å². The predicted octanol–water partition coefficient (Wildman–Crippen LogP) is 1.34. The highest BCUT2D eigenvalue weighted by molar-refractivity contribution is 5.75. The highest BCUT2D eigenvalue weighted by Gasteiger charge is 2.28. The summed E-state index contributed by atoms with van der Waals surface area (Å²) in [6, 6.07) is 7.38. The number of ether oxygens (including phenoxy) is 1. The number of carbonyl (C=O) groups is 1. The molecule has 0 saturated carbocycles. The van der Waals surface area contributed by atoms with Crippen LogP contribution in [0.4, 0.5) is 0 Å². The lowest BCUT2D eigenvalue weighted by Crippen LogP contribution is -2.09. The molecule has 1 unspecified atom stereocenters. The minimum absolute atomic E-state index is 0.410. The molecule has 0 aliphatic carbocycles. The van der Waals surface area contributed by atoms with Crippen molar-refractivity contribution in [2.75, 3.05) is 0 Å². The molecule has 0 aromatic heterocycles. The summed E-state index contributed by atoms with van der Waals surface area (Å²) in [5, 5.41) is 8.74. The third kappa shape index (κ3) is 0.987. The predicted molar refractivity (Wildman–Crippen MR) is 41.6 cm³/mol. The maximum Gasteiger partial charge on any atom is 0.337 e. The van der Waals surface area contributed by atoms with Crippen LogP contribution in [0.5, 0.6) is 0 Å². The van der Waals surface area contributed by atoms with E-state index in [-0.39, 0.29) is 0 Å². The van der Waals surface area contributed by atoms with Gasteiger partial charge in [-0.25, -0.2) is 4.79 Å². The molecule has 1 aliphatic heterocycles. The Hall–Kier alpha value is -1.35. The fourth-order valence-electron chi connectivity index (χ4n) is 1.39. The van der Waals surface area contributed by atoms with Crippen LogP contribution in [0, 0.1) is 0 Å². The van der Waals surface area contributed by atoms with Crippen molar-refractivity contribution in [1.82, 2.24) is 0 Å². The lowest BCUT2D eigenvalue weighted by molar-refractivity contribution is -0.149. The van der Waals surface area contributed by atoms with E-state index in [1.54, 1.807) is 6.07 Å². The molecular weight excluding hydrogens is 156 g/mol. The topological polar surface area (TPSA) is 46.5 Å². The minimum Gasteiger partial charge on any atom is -0.479 e. The Kier molecular flexibility index (Phi) is 1.59.